The molecule has 0 unspecified atom stereocenters. The molecule has 2 aliphatic heterocycles. The van der Waals surface area contributed by atoms with Gasteiger partial charge < -0.3 is 15.5 Å². The van der Waals surface area contributed by atoms with E-state index in [2.05, 4.69) is 34.6 Å². The first-order chi connectivity index (χ1) is 6.88. The van der Waals surface area contributed by atoms with Gasteiger partial charge in [0.1, 0.15) is 5.82 Å². The second-order valence-electron chi connectivity index (χ2n) is 3.63. The number of nitrogens with one attached hydrogen (secondary N) is 2. The molecule has 0 radical (unpaired) electrons. The number of allylic oxidation sites excluding steroid dienone is 4. The maximum atomic E-state index is 3.36. The topological polar surface area (TPSA) is 27.3 Å². The molecule has 76 valence electrons. The first-order valence-electron chi connectivity index (χ1n) is 5.14. The van der Waals surface area contributed by atoms with Crippen LogP contribution in [0.3, 0.4) is 0 Å². The first kappa shape index (κ1) is 9.34. The molecule has 3 nitrogen and oxygen atoms in total. The Kier molecular flexibility index (Phi) is 2.89. The maximum absolute atomic E-state index is 3.36. The van der Waals surface area contributed by atoms with E-state index >= 15 is 0 Å². The fourth-order valence-corrected chi connectivity index (χ4v) is 1.80. The zero-order valence-corrected chi connectivity index (χ0v) is 8.59. The van der Waals surface area contributed by atoms with Gasteiger partial charge in [-0.25, -0.2) is 0 Å². The number of hydrogen-bond acceptors (Lipinski definition) is 3. The SMILES string of the molecule is CC1=C(N2CCNCC2)NC=CC=C1. The average molecular weight is 191 g/mol. The summed E-state index contributed by atoms with van der Waals surface area (Å²) in [6, 6.07) is 0. The Balaban J connectivity index is 2.14. The lowest BCUT2D eigenvalue weighted by atomic mass is 10.2. The van der Waals surface area contributed by atoms with Crippen LogP contribution in [0.2, 0.25) is 0 Å². The van der Waals surface area contributed by atoms with E-state index in [0.29, 0.717) is 0 Å². The molecule has 0 bridgehead atoms. The fraction of sp³-hybridized carbons (Fsp3) is 0.455. The molecule has 0 aromatic rings. The normalized spacial score (nSPS) is 22.2. The van der Waals surface area contributed by atoms with Crippen molar-refractivity contribution in [3.05, 3.63) is 35.8 Å². The number of nitrogens with zero attached hydrogens (tertiary/aromatic N) is 1. The summed E-state index contributed by atoms with van der Waals surface area (Å²) in [5, 5.41) is 6.69. The number of hydrogen-bond donors (Lipinski definition) is 2. The highest BCUT2D eigenvalue weighted by Crippen LogP contribution is 2.11. The van der Waals surface area contributed by atoms with Crippen LogP contribution in [0.4, 0.5) is 0 Å². The van der Waals surface area contributed by atoms with Gasteiger partial charge >= 0.3 is 0 Å². The smallest absolute Gasteiger partial charge is 0.108 e. The molecule has 3 heteroatoms. The monoisotopic (exact) mass is 191 g/mol. The summed E-state index contributed by atoms with van der Waals surface area (Å²) in [7, 11) is 0. The zero-order valence-electron chi connectivity index (χ0n) is 8.59. The summed E-state index contributed by atoms with van der Waals surface area (Å²) < 4.78 is 0. The van der Waals surface area contributed by atoms with Crippen molar-refractivity contribution in [3.63, 3.8) is 0 Å². The van der Waals surface area contributed by atoms with Gasteiger partial charge in [-0.3, -0.25) is 0 Å². The largest absolute Gasteiger partial charge is 0.355 e. The molecule has 0 aromatic carbocycles. The fourth-order valence-electron chi connectivity index (χ4n) is 1.80. The van der Waals surface area contributed by atoms with Crippen LogP contribution in [0.15, 0.2) is 35.8 Å². The summed E-state index contributed by atoms with van der Waals surface area (Å²) in [4.78, 5) is 2.39. The lowest BCUT2D eigenvalue weighted by Gasteiger charge is -2.32. The van der Waals surface area contributed by atoms with Crippen LogP contribution < -0.4 is 10.6 Å². The van der Waals surface area contributed by atoms with Crippen LogP contribution in [-0.2, 0) is 0 Å². The summed E-state index contributed by atoms with van der Waals surface area (Å²) in [6.45, 7) is 6.47. The van der Waals surface area contributed by atoms with Crippen LogP contribution in [0.25, 0.3) is 0 Å². The van der Waals surface area contributed by atoms with E-state index in [9.17, 15) is 0 Å². The highest BCUT2D eigenvalue weighted by molar-refractivity contribution is 5.28. The van der Waals surface area contributed by atoms with Gasteiger partial charge in [0.25, 0.3) is 0 Å². The minimum Gasteiger partial charge on any atom is -0.355 e. The molecule has 0 atom stereocenters. The van der Waals surface area contributed by atoms with Gasteiger partial charge in [0, 0.05) is 32.4 Å². The number of rotatable bonds is 1. The average Bonchev–Trinajstić information content (AvgIpc) is 2.44. The second-order valence-corrected chi connectivity index (χ2v) is 3.63. The van der Waals surface area contributed by atoms with Crippen LogP contribution in [0.1, 0.15) is 6.92 Å². The molecule has 0 aromatic heterocycles. The van der Waals surface area contributed by atoms with Crippen molar-refractivity contribution in [3.8, 4) is 0 Å². The molecule has 2 rings (SSSR count). The Morgan fingerprint density at radius 3 is 2.79 bits per heavy atom. The standard InChI is InChI=1S/C11H17N3/c1-10-4-2-3-5-13-11(10)14-8-6-12-7-9-14/h2-5,12-13H,6-9H2,1H3. The van der Waals surface area contributed by atoms with Crippen molar-refractivity contribution in [2.24, 2.45) is 0 Å². The van der Waals surface area contributed by atoms with Gasteiger partial charge in [-0.15, -0.1) is 0 Å². The van der Waals surface area contributed by atoms with Gasteiger partial charge in [-0.05, 0) is 18.6 Å². The third kappa shape index (κ3) is 1.99. The van der Waals surface area contributed by atoms with Crippen molar-refractivity contribution in [1.29, 1.82) is 0 Å². The van der Waals surface area contributed by atoms with E-state index in [1.165, 1.54) is 11.4 Å². The lowest BCUT2D eigenvalue weighted by Crippen LogP contribution is -2.45. The Labute approximate surface area is 85.2 Å². The van der Waals surface area contributed by atoms with Crippen molar-refractivity contribution >= 4 is 0 Å². The Morgan fingerprint density at radius 1 is 1.21 bits per heavy atom. The van der Waals surface area contributed by atoms with Crippen LogP contribution in [-0.4, -0.2) is 31.1 Å². The van der Waals surface area contributed by atoms with Crippen molar-refractivity contribution in [2.45, 2.75) is 6.92 Å². The lowest BCUT2D eigenvalue weighted by molar-refractivity contribution is 0.285. The molecule has 2 aliphatic rings. The van der Waals surface area contributed by atoms with E-state index in [-0.39, 0.29) is 0 Å². The van der Waals surface area contributed by atoms with E-state index in [4.69, 9.17) is 0 Å². The minimum atomic E-state index is 1.08. The Hall–Kier alpha value is -1.22. The van der Waals surface area contributed by atoms with Gasteiger partial charge in [-0.2, -0.15) is 0 Å². The molecule has 0 spiro atoms. The molecule has 0 aliphatic carbocycles. The molecule has 1 saturated heterocycles. The molecule has 2 N–H and O–H groups in total. The molecular formula is C11H17N3. The van der Waals surface area contributed by atoms with Gasteiger partial charge in [0.05, 0.1) is 0 Å². The maximum Gasteiger partial charge on any atom is 0.108 e. The van der Waals surface area contributed by atoms with Crippen molar-refractivity contribution in [2.75, 3.05) is 26.2 Å². The predicted molar refractivity (Wildman–Crippen MR) is 58.6 cm³/mol. The second kappa shape index (κ2) is 4.33. The van der Waals surface area contributed by atoms with E-state index < -0.39 is 0 Å². The zero-order chi connectivity index (χ0) is 9.80. The Bertz CT molecular complexity index is 283. The van der Waals surface area contributed by atoms with E-state index in [1.807, 2.05) is 12.3 Å². The molecule has 14 heavy (non-hydrogen) atoms. The molecule has 1 fully saturated rings. The van der Waals surface area contributed by atoms with Gasteiger partial charge in [0.15, 0.2) is 0 Å². The Morgan fingerprint density at radius 2 is 2.00 bits per heavy atom. The molecular weight excluding hydrogens is 174 g/mol. The summed E-state index contributed by atoms with van der Waals surface area (Å²) in [6.07, 6.45) is 8.23. The van der Waals surface area contributed by atoms with Crippen molar-refractivity contribution in [1.82, 2.24) is 15.5 Å². The van der Waals surface area contributed by atoms with E-state index in [0.717, 1.165) is 26.2 Å². The number of piperazine rings is 1. The minimum absolute atomic E-state index is 1.08. The molecule has 2 heterocycles. The summed E-state index contributed by atoms with van der Waals surface area (Å²) in [5.74, 6) is 1.25. The highest BCUT2D eigenvalue weighted by atomic mass is 15.3. The third-order valence-electron chi connectivity index (χ3n) is 2.58. The molecule has 0 amide bonds. The van der Waals surface area contributed by atoms with Crippen LogP contribution in [0.5, 0.6) is 0 Å². The van der Waals surface area contributed by atoms with Gasteiger partial charge in [-0.1, -0.05) is 12.2 Å². The van der Waals surface area contributed by atoms with Crippen LogP contribution >= 0.6 is 0 Å². The van der Waals surface area contributed by atoms with Gasteiger partial charge in [0.2, 0.25) is 0 Å². The predicted octanol–water partition coefficient (Wildman–Crippen LogP) is 0.796. The quantitative estimate of drug-likeness (QED) is 0.642. The summed E-state index contributed by atoms with van der Waals surface area (Å²) in [5.41, 5.74) is 1.30. The third-order valence-corrected chi connectivity index (χ3v) is 2.58. The first-order valence-corrected chi connectivity index (χ1v) is 5.14. The summed E-state index contributed by atoms with van der Waals surface area (Å²) >= 11 is 0. The van der Waals surface area contributed by atoms with E-state index in [1.54, 1.807) is 0 Å². The highest BCUT2D eigenvalue weighted by Gasteiger charge is 2.13. The van der Waals surface area contributed by atoms with Crippen molar-refractivity contribution < 1.29 is 0 Å². The van der Waals surface area contributed by atoms with Crippen LogP contribution in [0, 0.1) is 0 Å². The molecule has 0 saturated carbocycles.